The summed E-state index contributed by atoms with van der Waals surface area (Å²) < 4.78 is 13.9. The molecule has 110 valence electrons. The van der Waals surface area contributed by atoms with E-state index in [0.717, 1.165) is 5.56 Å². The lowest BCUT2D eigenvalue weighted by Gasteiger charge is -2.23. The van der Waals surface area contributed by atoms with Crippen LogP contribution < -0.4 is 0 Å². The zero-order valence-electron chi connectivity index (χ0n) is 12.4. The molecule has 2 amide bonds. The minimum Gasteiger partial charge on any atom is -0.347 e. The molecule has 0 saturated carbocycles. The standard InChI is InChI=1S/C15H21FN2O2/c1-5-8-18(10-14(19)17(3)4)15(20)12-7-6-11(2)9-13(12)16/h6-7,9H,5,8,10H2,1-4H3. The molecular formula is C15H21FN2O2. The Labute approximate surface area is 119 Å². The lowest BCUT2D eigenvalue weighted by atomic mass is 10.1. The highest BCUT2D eigenvalue weighted by atomic mass is 19.1. The molecule has 0 aliphatic rings. The molecule has 0 fully saturated rings. The number of likely N-dealkylation sites (N-methyl/N-ethyl adjacent to an activating group) is 1. The SMILES string of the molecule is CCCN(CC(=O)N(C)C)C(=O)c1ccc(C)cc1F. The van der Waals surface area contributed by atoms with Crippen LogP contribution >= 0.6 is 0 Å². The van der Waals surface area contributed by atoms with E-state index in [4.69, 9.17) is 0 Å². The van der Waals surface area contributed by atoms with Gasteiger partial charge in [-0.05, 0) is 31.0 Å². The molecular weight excluding hydrogens is 259 g/mol. The predicted molar refractivity (Wildman–Crippen MR) is 76.0 cm³/mol. The zero-order valence-corrected chi connectivity index (χ0v) is 12.4. The second-order valence-electron chi connectivity index (χ2n) is 5.00. The maximum absolute atomic E-state index is 13.9. The van der Waals surface area contributed by atoms with Crippen molar-refractivity contribution in [2.75, 3.05) is 27.2 Å². The van der Waals surface area contributed by atoms with E-state index in [1.807, 2.05) is 6.92 Å². The third-order valence-electron chi connectivity index (χ3n) is 2.96. The van der Waals surface area contributed by atoms with Crippen molar-refractivity contribution in [2.24, 2.45) is 0 Å². The van der Waals surface area contributed by atoms with Crippen molar-refractivity contribution in [3.05, 3.63) is 35.1 Å². The summed E-state index contributed by atoms with van der Waals surface area (Å²) in [6, 6.07) is 4.48. The first-order valence-corrected chi connectivity index (χ1v) is 6.62. The molecule has 20 heavy (non-hydrogen) atoms. The van der Waals surface area contributed by atoms with Crippen molar-refractivity contribution in [3.8, 4) is 0 Å². The predicted octanol–water partition coefficient (Wildman–Crippen LogP) is 2.07. The van der Waals surface area contributed by atoms with Gasteiger partial charge in [-0.25, -0.2) is 4.39 Å². The Kier molecular flexibility index (Phi) is 5.67. The highest BCUT2D eigenvalue weighted by molar-refractivity contribution is 5.96. The van der Waals surface area contributed by atoms with Crippen LogP contribution in [-0.4, -0.2) is 48.8 Å². The average molecular weight is 280 g/mol. The molecule has 0 bridgehead atoms. The van der Waals surface area contributed by atoms with E-state index in [9.17, 15) is 14.0 Å². The maximum atomic E-state index is 13.9. The molecule has 0 heterocycles. The van der Waals surface area contributed by atoms with Gasteiger partial charge in [-0.15, -0.1) is 0 Å². The average Bonchev–Trinajstić information content (AvgIpc) is 2.37. The van der Waals surface area contributed by atoms with Crippen LogP contribution in [0.4, 0.5) is 4.39 Å². The van der Waals surface area contributed by atoms with Crippen LogP contribution in [0.25, 0.3) is 0 Å². The normalized spacial score (nSPS) is 10.2. The van der Waals surface area contributed by atoms with Gasteiger partial charge in [0.05, 0.1) is 5.56 Å². The van der Waals surface area contributed by atoms with Crippen molar-refractivity contribution in [2.45, 2.75) is 20.3 Å². The van der Waals surface area contributed by atoms with Crippen molar-refractivity contribution < 1.29 is 14.0 Å². The van der Waals surface area contributed by atoms with Crippen LogP contribution in [0.15, 0.2) is 18.2 Å². The number of nitrogens with zero attached hydrogens (tertiary/aromatic N) is 2. The molecule has 1 rings (SSSR count). The molecule has 1 aromatic rings. The summed E-state index contributed by atoms with van der Waals surface area (Å²) in [6.45, 7) is 4.06. The number of carbonyl (C=O) groups excluding carboxylic acids is 2. The molecule has 0 aromatic heterocycles. The monoisotopic (exact) mass is 280 g/mol. The molecule has 4 nitrogen and oxygen atoms in total. The van der Waals surface area contributed by atoms with Crippen LogP contribution in [0.3, 0.4) is 0 Å². The Bertz CT molecular complexity index is 501. The first-order valence-electron chi connectivity index (χ1n) is 6.62. The number of rotatable bonds is 5. The Balaban J connectivity index is 2.96. The van der Waals surface area contributed by atoms with Crippen molar-refractivity contribution in [3.63, 3.8) is 0 Å². The summed E-state index contributed by atoms with van der Waals surface area (Å²) in [6.07, 6.45) is 0.708. The Morgan fingerprint density at radius 3 is 2.40 bits per heavy atom. The van der Waals surface area contributed by atoms with Gasteiger partial charge in [0.1, 0.15) is 12.4 Å². The van der Waals surface area contributed by atoms with E-state index >= 15 is 0 Å². The van der Waals surface area contributed by atoms with Gasteiger partial charge in [-0.1, -0.05) is 13.0 Å². The minimum absolute atomic E-state index is 0.00982. The molecule has 1 aromatic carbocycles. The van der Waals surface area contributed by atoms with E-state index in [1.165, 1.54) is 21.9 Å². The fraction of sp³-hybridized carbons (Fsp3) is 0.467. The third kappa shape index (κ3) is 4.05. The molecule has 0 aliphatic carbocycles. The lowest BCUT2D eigenvalue weighted by molar-refractivity contribution is -0.129. The smallest absolute Gasteiger partial charge is 0.257 e. The lowest BCUT2D eigenvalue weighted by Crippen LogP contribution is -2.41. The van der Waals surface area contributed by atoms with Gasteiger partial charge in [0.15, 0.2) is 0 Å². The second kappa shape index (κ2) is 7.03. The molecule has 0 N–H and O–H groups in total. The van der Waals surface area contributed by atoms with Gasteiger partial charge in [-0.3, -0.25) is 9.59 Å². The molecule has 5 heteroatoms. The van der Waals surface area contributed by atoms with Crippen LogP contribution in [0, 0.1) is 12.7 Å². The van der Waals surface area contributed by atoms with Gasteiger partial charge < -0.3 is 9.80 Å². The summed E-state index contributed by atoms with van der Waals surface area (Å²) >= 11 is 0. The first kappa shape index (κ1) is 16.1. The largest absolute Gasteiger partial charge is 0.347 e. The van der Waals surface area contributed by atoms with Gasteiger partial charge in [-0.2, -0.15) is 0 Å². The Hall–Kier alpha value is -1.91. The quantitative estimate of drug-likeness (QED) is 0.828. The van der Waals surface area contributed by atoms with Gasteiger partial charge >= 0.3 is 0 Å². The maximum Gasteiger partial charge on any atom is 0.257 e. The molecule has 0 aliphatic heterocycles. The summed E-state index contributed by atoms with van der Waals surface area (Å²) in [5.74, 6) is -1.17. The minimum atomic E-state index is -0.548. The molecule has 0 spiro atoms. The summed E-state index contributed by atoms with van der Waals surface area (Å²) in [7, 11) is 3.26. The first-order chi connectivity index (χ1) is 9.36. The van der Waals surface area contributed by atoms with Crippen LogP contribution in [0.2, 0.25) is 0 Å². The van der Waals surface area contributed by atoms with Gasteiger partial charge in [0.25, 0.3) is 5.91 Å². The number of hydrogen-bond acceptors (Lipinski definition) is 2. The van der Waals surface area contributed by atoms with Crippen molar-refractivity contribution in [1.82, 2.24) is 9.80 Å². The second-order valence-corrected chi connectivity index (χ2v) is 5.00. The Morgan fingerprint density at radius 1 is 1.25 bits per heavy atom. The number of halogens is 1. The topological polar surface area (TPSA) is 40.6 Å². The fourth-order valence-corrected chi connectivity index (χ4v) is 1.79. The third-order valence-corrected chi connectivity index (χ3v) is 2.96. The fourth-order valence-electron chi connectivity index (χ4n) is 1.79. The highest BCUT2D eigenvalue weighted by Gasteiger charge is 2.21. The zero-order chi connectivity index (χ0) is 15.3. The number of benzene rings is 1. The number of carbonyl (C=O) groups is 2. The van der Waals surface area contributed by atoms with Crippen LogP contribution in [0.1, 0.15) is 29.3 Å². The van der Waals surface area contributed by atoms with Gasteiger partial charge in [0, 0.05) is 20.6 Å². The summed E-state index contributed by atoms with van der Waals surface area (Å²) in [4.78, 5) is 26.9. The number of hydrogen-bond donors (Lipinski definition) is 0. The van der Waals surface area contributed by atoms with Crippen LogP contribution in [0.5, 0.6) is 0 Å². The van der Waals surface area contributed by atoms with E-state index < -0.39 is 11.7 Å². The number of aryl methyl sites for hydroxylation is 1. The molecule has 0 saturated heterocycles. The Morgan fingerprint density at radius 2 is 1.90 bits per heavy atom. The summed E-state index contributed by atoms with van der Waals surface area (Å²) in [5, 5.41) is 0. The van der Waals surface area contributed by atoms with Crippen molar-refractivity contribution in [1.29, 1.82) is 0 Å². The molecule has 0 atom stereocenters. The number of amides is 2. The molecule has 0 unspecified atom stereocenters. The van der Waals surface area contributed by atoms with Crippen LogP contribution in [-0.2, 0) is 4.79 Å². The van der Waals surface area contributed by atoms with Crippen molar-refractivity contribution >= 4 is 11.8 Å². The van der Waals surface area contributed by atoms with Gasteiger partial charge in [0.2, 0.25) is 5.91 Å². The van der Waals surface area contributed by atoms with E-state index in [2.05, 4.69) is 0 Å². The summed E-state index contributed by atoms with van der Waals surface area (Å²) in [5.41, 5.74) is 0.765. The highest BCUT2D eigenvalue weighted by Crippen LogP contribution is 2.13. The molecule has 0 radical (unpaired) electrons. The van der Waals surface area contributed by atoms with E-state index in [-0.39, 0.29) is 18.0 Å². The van der Waals surface area contributed by atoms with E-state index in [0.29, 0.717) is 13.0 Å². The van der Waals surface area contributed by atoms with E-state index in [1.54, 1.807) is 27.1 Å².